The maximum Gasteiger partial charge on any atom is 0.212 e. The maximum atomic E-state index is 2.36. The summed E-state index contributed by atoms with van der Waals surface area (Å²) < 4.78 is 0. The second-order valence-electron chi connectivity index (χ2n) is 2.66. The van der Waals surface area contributed by atoms with Crippen LogP contribution in [0.1, 0.15) is 33.1 Å². The molecule has 1 atom stereocenters. The van der Waals surface area contributed by atoms with E-state index in [1.165, 1.54) is 40.8 Å². The average molecular weight is 165 g/mol. The van der Waals surface area contributed by atoms with E-state index in [-0.39, 0.29) is 12.4 Å². The van der Waals surface area contributed by atoms with Crippen LogP contribution in [0.5, 0.6) is 0 Å². The van der Waals surface area contributed by atoms with Gasteiger partial charge in [0.05, 0.1) is 0 Å². The Bertz CT molecular complexity index is 48.2. The van der Waals surface area contributed by atoms with E-state index in [2.05, 4.69) is 13.8 Å². The van der Waals surface area contributed by atoms with Crippen molar-refractivity contribution in [3.8, 4) is 0 Å². The van der Waals surface area contributed by atoms with Crippen molar-refractivity contribution >= 4 is 28.7 Å². The van der Waals surface area contributed by atoms with Crippen molar-refractivity contribution in [2.75, 3.05) is 0 Å². The van der Waals surface area contributed by atoms with Gasteiger partial charge in [0.15, 0.2) is 0 Å². The Labute approximate surface area is 73.2 Å². The summed E-state index contributed by atoms with van der Waals surface area (Å²) in [6.45, 7) is 4.63. The predicted molar refractivity (Wildman–Crippen MR) is 49.3 cm³/mol. The zero-order chi connectivity index (χ0) is 6.41. The van der Waals surface area contributed by atoms with E-state index in [0.29, 0.717) is 0 Å². The van der Waals surface area contributed by atoms with E-state index in [0.717, 1.165) is 5.92 Å². The lowest BCUT2D eigenvalue weighted by Crippen LogP contribution is -1.91. The van der Waals surface area contributed by atoms with Gasteiger partial charge in [-0.2, -0.15) is 0 Å². The van der Waals surface area contributed by atoms with Crippen LogP contribution < -0.4 is 0 Å². The van der Waals surface area contributed by atoms with Crippen LogP contribution in [0.25, 0.3) is 0 Å². The van der Waals surface area contributed by atoms with Gasteiger partial charge in [-0.25, -0.2) is 0 Å². The Morgan fingerprint density at radius 2 is 2.00 bits per heavy atom. The Kier molecular flexibility index (Phi) is 12.2. The van der Waals surface area contributed by atoms with Crippen molar-refractivity contribution in [2.24, 2.45) is 5.92 Å². The molecule has 0 aliphatic rings. The molecule has 2 heteroatoms. The first-order chi connectivity index (χ1) is 3.81. The fraction of sp³-hybridized carbons (Fsp3) is 1.00. The van der Waals surface area contributed by atoms with E-state index in [1.54, 1.807) is 0 Å². The zero-order valence-electron chi connectivity index (χ0n) is 6.81. The van der Waals surface area contributed by atoms with Gasteiger partial charge in [-0.05, 0) is 0 Å². The molecule has 0 radical (unpaired) electrons. The van der Waals surface area contributed by atoms with Crippen LogP contribution in [0.15, 0.2) is 0 Å². The van der Waals surface area contributed by atoms with Gasteiger partial charge in [0.2, 0.25) is 16.3 Å². The molecule has 0 aromatic rings. The number of hydrogen-bond acceptors (Lipinski definition) is 0. The van der Waals surface area contributed by atoms with Crippen molar-refractivity contribution in [1.82, 2.24) is 0 Å². The monoisotopic (exact) mass is 164 g/mol. The molecule has 0 rings (SSSR count). The first-order valence-corrected chi connectivity index (χ1v) is 5.22. The predicted octanol–water partition coefficient (Wildman–Crippen LogP) is 2.29. The van der Waals surface area contributed by atoms with Gasteiger partial charge >= 0.3 is 0 Å². The molecule has 0 amide bonds. The molecule has 0 aliphatic heterocycles. The second kappa shape index (κ2) is 8.82. The van der Waals surface area contributed by atoms with Crippen molar-refractivity contribution in [3.05, 3.63) is 0 Å². The molecular formula is C7H18AlCl. The maximum absolute atomic E-state index is 2.36. The van der Waals surface area contributed by atoms with Gasteiger partial charge in [0.1, 0.15) is 0 Å². The standard InChI is InChI=1S/C7H15.Al.ClH.2H/c1-4-5-6-7(2)3;;;;/h7H,2,4-6H2,1,3H3;;1H;;. The summed E-state index contributed by atoms with van der Waals surface area (Å²) in [4.78, 5) is 0. The molecule has 0 aromatic heterocycles. The molecule has 0 fully saturated rings. The lowest BCUT2D eigenvalue weighted by atomic mass is 10.1. The molecule has 0 saturated heterocycles. The number of hydrogen-bond donors (Lipinski definition) is 0. The normalized spacial score (nSPS) is 12.2. The van der Waals surface area contributed by atoms with Crippen molar-refractivity contribution < 1.29 is 0 Å². The topological polar surface area (TPSA) is 0 Å². The van der Waals surface area contributed by atoms with Crippen molar-refractivity contribution in [3.63, 3.8) is 0 Å². The largest absolute Gasteiger partial charge is 0.212 e. The summed E-state index contributed by atoms with van der Waals surface area (Å²) in [5.74, 6) is 1.02. The number of rotatable bonds is 4. The third-order valence-electron chi connectivity index (χ3n) is 1.75. The summed E-state index contributed by atoms with van der Waals surface area (Å²) in [5, 5.41) is 1.49. The minimum atomic E-state index is 0. The molecule has 0 aromatic carbocycles. The van der Waals surface area contributed by atoms with Gasteiger partial charge < -0.3 is 0 Å². The van der Waals surface area contributed by atoms with Crippen molar-refractivity contribution in [2.45, 2.75) is 38.4 Å². The first kappa shape index (κ1) is 12.5. The highest BCUT2D eigenvalue weighted by Crippen LogP contribution is 2.09. The van der Waals surface area contributed by atoms with E-state index in [9.17, 15) is 0 Å². The van der Waals surface area contributed by atoms with Gasteiger partial charge in [-0.3, -0.25) is 0 Å². The Morgan fingerprint density at radius 1 is 1.44 bits per heavy atom. The minimum Gasteiger partial charge on any atom is -0.147 e. The van der Waals surface area contributed by atoms with Crippen molar-refractivity contribution in [1.29, 1.82) is 0 Å². The van der Waals surface area contributed by atoms with Crippen LogP contribution >= 0.6 is 12.4 Å². The quantitative estimate of drug-likeness (QED) is 0.560. The zero-order valence-corrected chi connectivity index (χ0v) is 9.63. The van der Waals surface area contributed by atoms with Gasteiger partial charge in [0, 0.05) is 0 Å². The molecule has 0 spiro atoms. The van der Waals surface area contributed by atoms with Crippen LogP contribution in [0.2, 0.25) is 5.28 Å². The molecule has 0 saturated carbocycles. The Hall–Kier alpha value is 0.822. The van der Waals surface area contributed by atoms with Gasteiger partial charge in [-0.1, -0.05) is 44.3 Å². The Morgan fingerprint density at radius 3 is 2.33 bits per heavy atom. The summed E-state index contributed by atoms with van der Waals surface area (Å²) in [6.07, 6.45) is 4.26. The van der Waals surface area contributed by atoms with Crippen LogP contribution in [-0.4, -0.2) is 16.3 Å². The lowest BCUT2D eigenvalue weighted by Gasteiger charge is -2.04. The Balaban J connectivity index is 0. The van der Waals surface area contributed by atoms with E-state index in [1.807, 2.05) is 0 Å². The second-order valence-corrected chi connectivity index (χ2v) is 3.47. The highest BCUT2D eigenvalue weighted by molar-refractivity contribution is 6.08. The van der Waals surface area contributed by atoms with Gasteiger partial charge in [0.25, 0.3) is 0 Å². The molecule has 0 nitrogen and oxygen atoms in total. The van der Waals surface area contributed by atoms with Crippen LogP contribution in [0.4, 0.5) is 0 Å². The molecular weight excluding hydrogens is 147 g/mol. The van der Waals surface area contributed by atoms with Crippen LogP contribution in [-0.2, 0) is 0 Å². The first-order valence-electron chi connectivity index (χ1n) is 3.81. The van der Waals surface area contributed by atoms with E-state index in [4.69, 9.17) is 0 Å². The summed E-state index contributed by atoms with van der Waals surface area (Å²) in [5.41, 5.74) is 0. The summed E-state index contributed by atoms with van der Waals surface area (Å²) in [6, 6.07) is 0. The highest BCUT2D eigenvalue weighted by Gasteiger charge is 1.94. The lowest BCUT2D eigenvalue weighted by molar-refractivity contribution is 0.549. The molecule has 56 valence electrons. The molecule has 9 heavy (non-hydrogen) atoms. The molecule has 0 N–H and O–H groups in total. The molecule has 1 unspecified atom stereocenters. The van der Waals surface area contributed by atoms with Gasteiger partial charge in [-0.15, -0.1) is 12.4 Å². The molecule has 0 bridgehead atoms. The molecule has 0 heterocycles. The fourth-order valence-electron chi connectivity index (χ4n) is 0.757. The third-order valence-corrected chi connectivity index (χ3v) is 3.14. The SMILES string of the molecule is CCCCC(C)[CH2][AlH2].Cl. The minimum absolute atomic E-state index is 0. The summed E-state index contributed by atoms with van der Waals surface area (Å²) in [7, 11) is 0. The number of unbranched alkanes of at least 4 members (excludes halogenated alkanes) is 1. The molecule has 0 aliphatic carbocycles. The fourth-order valence-corrected chi connectivity index (χ4v) is 1.16. The smallest absolute Gasteiger partial charge is 0.147 e. The van der Waals surface area contributed by atoms with Crippen LogP contribution in [0.3, 0.4) is 0 Å². The summed E-state index contributed by atoms with van der Waals surface area (Å²) >= 11 is 1.39. The third kappa shape index (κ3) is 8.82. The van der Waals surface area contributed by atoms with E-state index >= 15 is 0 Å². The number of halogens is 1. The van der Waals surface area contributed by atoms with E-state index < -0.39 is 0 Å². The highest BCUT2D eigenvalue weighted by atomic mass is 35.5. The van der Waals surface area contributed by atoms with Crippen LogP contribution in [0, 0.1) is 5.92 Å². The average Bonchev–Trinajstić information content (AvgIpc) is 1.83.